The minimum Gasteiger partial charge on any atom is -0.468 e. The number of ether oxygens (including phenoxy) is 1. The highest BCUT2D eigenvalue weighted by molar-refractivity contribution is 5.79. The van der Waals surface area contributed by atoms with Gasteiger partial charge in [-0.15, -0.1) is 0 Å². The molecule has 1 aliphatic heterocycles. The highest BCUT2D eigenvalue weighted by atomic mass is 16.5. The standard InChI is InChI=1S/C10H15NO2/c1-5(2)7-6-4-11-9(8(6)7)10(12)13-3/h6,8-9,11H,4H2,1-3H3. The number of allylic oxidation sites excluding steroid dienone is 1. The molecule has 2 rings (SSSR count). The number of hydrogen-bond acceptors (Lipinski definition) is 3. The molecule has 72 valence electrons. The lowest BCUT2D eigenvalue weighted by Gasteiger charge is -2.10. The summed E-state index contributed by atoms with van der Waals surface area (Å²) < 4.78 is 4.74. The highest BCUT2D eigenvalue weighted by Gasteiger charge is 2.56. The number of nitrogens with one attached hydrogen (secondary N) is 1. The molecule has 0 aromatic heterocycles. The van der Waals surface area contributed by atoms with Gasteiger partial charge in [0.2, 0.25) is 0 Å². The average Bonchev–Trinajstić information content (AvgIpc) is 2.68. The van der Waals surface area contributed by atoms with Crippen molar-refractivity contribution in [3.8, 4) is 0 Å². The fraction of sp³-hybridized carbons (Fsp3) is 0.700. The third-order valence-corrected chi connectivity index (χ3v) is 3.03. The smallest absolute Gasteiger partial charge is 0.323 e. The Labute approximate surface area is 78.1 Å². The molecule has 0 spiro atoms. The topological polar surface area (TPSA) is 38.3 Å². The van der Waals surface area contributed by atoms with Gasteiger partial charge in [-0.25, -0.2) is 0 Å². The Hall–Kier alpha value is -0.830. The van der Waals surface area contributed by atoms with Crippen LogP contribution in [-0.4, -0.2) is 25.7 Å². The van der Waals surface area contributed by atoms with Crippen LogP contribution < -0.4 is 5.32 Å². The van der Waals surface area contributed by atoms with E-state index in [9.17, 15) is 4.79 Å². The zero-order chi connectivity index (χ0) is 9.59. The summed E-state index contributed by atoms with van der Waals surface area (Å²) in [6.07, 6.45) is 0. The SMILES string of the molecule is COC(=O)C1NCC2C(=C(C)C)C21. The van der Waals surface area contributed by atoms with Crippen LogP contribution in [-0.2, 0) is 9.53 Å². The van der Waals surface area contributed by atoms with Crippen LogP contribution in [0.15, 0.2) is 11.1 Å². The molecule has 13 heavy (non-hydrogen) atoms. The maximum absolute atomic E-state index is 11.3. The van der Waals surface area contributed by atoms with E-state index in [0.29, 0.717) is 11.8 Å². The predicted octanol–water partition coefficient (Wildman–Crippen LogP) is 0.714. The van der Waals surface area contributed by atoms with E-state index in [-0.39, 0.29) is 12.0 Å². The van der Waals surface area contributed by atoms with E-state index in [0.717, 1.165) is 6.54 Å². The van der Waals surface area contributed by atoms with Crippen molar-refractivity contribution in [3.05, 3.63) is 11.1 Å². The van der Waals surface area contributed by atoms with Gasteiger partial charge in [0.05, 0.1) is 7.11 Å². The Bertz CT molecular complexity index is 279. The molecule has 3 heteroatoms. The van der Waals surface area contributed by atoms with Crippen LogP contribution in [0.4, 0.5) is 0 Å². The van der Waals surface area contributed by atoms with Gasteiger partial charge in [0.25, 0.3) is 0 Å². The molecule has 3 atom stereocenters. The molecule has 1 aliphatic carbocycles. The summed E-state index contributed by atoms with van der Waals surface area (Å²) in [5, 5.41) is 3.18. The zero-order valence-corrected chi connectivity index (χ0v) is 8.26. The molecule has 0 radical (unpaired) electrons. The first-order valence-electron chi connectivity index (χ1n) is 4.65. The van der Waals surface area contributed by atoms with Crippen LogP contribution in [0, 0.1) is 11.8 Å². The van der Waals surface area contributed by atoms with Crippen molar-refractivity contribution in [1.82, 2.24) is 5.32 Å². The number of fused-ring (bicyclic) bond motifs is 1. The Balaban J connectivity index is 2.12. The van der Waals surface area contributed by atoms with Crippen LogP contribution in [0.1, 0.15) is 13.8 Å². The third-order valence-electron chi connectivity index (χ3n) is 3.03. The van der Waals surface area contributed by atoms with Crippen molar-refractivity contribution in [2.45, 2.75) is 19.9 Å². The molecule has 1 saturated carbocycles. The molecular weight excluding hydrogens is 166 g/mol. The molecule has 2 aliphatic rings. The molecule has 1 N–H and O–H groups in total. The molecule has 0 bridgehead atoms. The van der Waals surface area contributed by atoms with Crippen molar-refractivity contribution in [1.29, 1.82) is 0 Å². The molecule has 1 saturated heterocycles. The molecule has 2 fully saturated rings. The minimum atomic E-state index is -0.122. The Morgan fingerprint density at radius 2 is 2.23 bits per heavy atom. The second kappa shape index (κ2) is 2.84. The van der Waals surface area contributed by atoms with Gasteiger partial charge in [-0.05, 0) is 13.8 Å². The van der Waals surface area contributed by atoms with Crippen molar-refractivity contribution in [2.24, 2.45) is 11.8 Å². The molecule has 3 unspecified atom stereocenters. The predicted molar refractivity (Wildman–Crippen MR) is 49.2 cm³/mol. The van der Waals surface area contributed by atoms with Crippen LogP contribution in [0.5, 0.6) is 0 Å². The number of carbonyl (C=O) groups excluding carboxylic acids is 1. The van der Waals surface area contributed by atoms with Crippen LogP contribution in [0.3, 0.4) is 0 Å². The highest BCUT2D eigenvalue weighted by Crippen LogP contribution is 2.53. The summed E-state index contributed by atoms with van der Waals surface area (Å²) in [7, 11) is 1.45. The minimum absolute atomic E-state index is 0.0834. The maximum Gasteiger partial charge on any atom is 0.323 e. The van der Waals surface area contributed by atoms with Gasteiger partial charge in [0, 0.05) is 18.4 Å². The van der Waals surface area contributed by atoms with Gasteiger partial charge in [0.15, 0.2) is 0 Å². The van der Waals surface area contributed by atoms with Gasteiger partial charge in [-0.2, -0.15) is 0 Å². The number of hydrogen-bond donors (Lipinski definition) is 1. The fourth-order valence-corrected chi connectivity index (χ4v) is 2.43. The molecule has 1 heterocycles. The van der Waals surface area contributed by atoms with Gasteiger partial charge in [-0.1, -0.05) is 11.1 Å². The normalized spacial score (nSPS) is 35.6. The van der Waals surface area contributed by atoms with Crippen LogP contribution in [0.2, 0.25) is 0 Å². The lowest BCUT2D eigenvalue weighted by molar-refractivity contribution is -0.143. The first kappa shape index (κ1) is 8.75. The molecular formula is C10H15NO2. The van der Waals surface area contributed by atoms with E-state index >= 15 is 0 Å². The summed E-state index contributed by atoms with van der Waals surface area (Å²) in [5.41, 5.74) is 2.83. The van der Waals surface area contributed by atoms with Crippen molar-refractivity contribution >= 4 is 5.97 Å². The molecule has 0 aromatic rings. The Morgan fingerprint density at radius 3 is 2.69 bits per heavy atom. The Kier molecular flexibility index (Phi) is 1.91. The quantitative estimate of drug-likeness (QED) is 0.478. The van der Waals surface area contributed by atoms with Crippen LogP contribution >= 0.6 is 0 Å². The number of carbonyl (C=O) groups is 1. The Morgan fingerprint density at radius 1 is 1.54 bits per heavy atom. The molecule has 0 amide bonds. The first-order valence-corrected chi connectivity index (χ1v) is 4.65. The summed E-state index contributed by atoms with van der Waals surface area (Å²) in [4.78, 5) is 11.3. The van der Waals surface area contributed by atoms with Crippen molar-refractivity contribution in [2.75, 3.05) is 13.7 Å². The molecule has 3 nitrogen and oxygen atoms in total. The van der Waals surface area contributed by atoms with Gasteiger partial charge < -0.3 is 10.1 Å². The van der Waals surface area contributed by atoms with Crippen molar-refractivity contribution < 1.29 is 9.53 Å². The van der Waals surface area contributed by atoms with Crippen LogP contribution in [0.25, 0.3) is 0 Å². The van der Waals surface area contributed by atoms with Gasteiger partial charge >= 0.3 is 5.97 Å². The van der Waals surface area contributed by atoms with E-state index in [1.54, 1.807) is 0 Å². The largest absolute Gasteiger partial charge is 0.468 e. The first-order chi connectivity index (χ1) is 6.16. The average molecular weight is 181 g/mol. The van der Waals surface area contributed by atoms with E-state index in [4.69, 9.17) is 4.74 Å². The van der Waals surface area contributed by atoms with E-state index < -0.39 is 0 Å². The van der Waals surface area contributed by atoms with E-state index in [2.05, 4.69) is 19.2 Å². The monoisotopic (exact) mass is 181 g/mol. The molecule has 0 aromatic carbocycles. The third kappa shape index (κ3) is 1.18. The fourth-order valence-electron chi connectivity index (χ4n) is 2.43. The lowest BCUT2D eigenvalue weighted by atomic mass is 10.1. The number of methoxy groups -OCH3 is 1. The maximum atomic E-state index is 11.3. The van der Waals surface area contributed by atoms with E-state index in [1.807, 2.05) is 0 Å². The second-order valence-corrected chi connectivity index (χ2v) is 4.00. The summed E-state index contributed by atoms with van der Waals surface area (Å²) in [6, 6.07) is -0.0834. The summed E-state index contributed by atoms with van der Waals surface area (Å²) in [6.45, 7) is 5.16. The summed E-state index contributed by atoms with van der Waals surface area (Å²) in [5.74, 6) is 0.912. The summed E-state index contributed by atoms with van der Waals surface area (Å²) >= 11 is 0. The van der Waals surface area contributed by atoms with E-state index in [1.165, 1.54) is 18.3 Å². The van der Waals surface area contributed by atoms with Gasteiger partial charge in [0.1, 0.15) is 6.04 Å². The van der Waals surface area contributed by atoms with Gasteiger partial charge in [-0.3, -0.25) is 4.79 Å². The number of rotatable bonds is 1. The van der Waals surface area contributed by atoms with Crippen molar-refractivity contribution in [3.63, 3.8) is 0 Å². The second-order valence-electron chi connectivity index (χ2n) is 4.00. The zero-order valence-electron chi connectivity index (χ0n) is 8.26. The number of piperidine rings is 1. The lowest BCUT2D eigenvalue weighted by Crippen LogP contribution is -2.35. The number of esters is 1.